The van der Waals surface area contributed by atoms with Crippen molar-refractivity contribution >= 4 is 22.8 Å². The summed E-state index contributed by atoms with van der Waals surface area (Å²) < 4.78 is 18.5. The Balaban J connectivity index is 1.93. The van der Waals surface area contributed by atoms with E-state index >= 15 is 0 Å². The lowest BCUT2D eigenvalue weighted by molar-refractivity contribution is -0.386. The van der Waals surface area contributed by atoms with E-state index in [0.717, 1.165) is 22.4 Å². The first-order valence-corrected chi connectivity index (χ1v) is 14.2. The molecule has 3 aromatic carbocycles. The molecule has 0 saturated heterocycles. The first kappa shape index (κ1) is 31.2. The molecule has 0 bridgehead atoms. The highest BCUT2D eigenvalue weighted by atomic mass is 16.6. The van der Waals surface area contributed by atoms with Crippen LogP contribution in [0.4, 0.5) is 5.69 Å². The van der Waals surface area contributed by atoms with Gasteiger partial charge in [-0.15, -0.1) is 0 Å². The zero-order valence-electron chi connectivity index (χ0n) is 25.9. The van der Waals surface area contributed by atoms with Crippen LogP contribution in [0.2, 0.25) is 0 Å². The minimum absolute atomic E-state index is 0.0548. The van der Waals surface area contributed by atoms with Gasteiger partial charge in [-0.1, -0.05) is 46.8 Å². The van der Waals surface area contributed by atoms with Gasteiger partial charge in [-0.3, -0.25) is 14.9 Å². The Hall–Kier alpha value is -4.73. The van der Waals surface area contributed by atoms with Crippen molar-refractivity contribution < 1.29 is 19.1 Å². The molecule has 0 spiro atoms. The third-order valence-electron chi connectivity index (χ3n) is 6.72. The van der Waals surface area contributed by atoms with Crippen LogP contribution in [-0.4, -0.2) is 41.1 Å². The van der Waals surface area contributed by atoms with E-state index in [1.165, 1.54) is 17.0 Å². The molecule has 0 aliphatic heterocycles. The van der Waals surface area contributed by atoms with Crippen molar-refractivity contribution in [3.63, 3.8) is 0 Å². The van der Waals surface area contributed by atoms with Crippen LogP contribution in [0.5, 0.6) is 17.2 Å². The van der Waals surface area contributed by atoms with Crippen LogP contribution in [0.25, 0.3) is 22.3 Å². The van der Waals surface area contributed by atoms with Crippen molar-refractivity contribution in [2.24, 2.45) is 10.5 Å². The Kier molecular flexibility index (Phi) is 9.18. The Morgan fingerprint density at radius 3 is 2.44 bits per heavy atom. The SMILES string of the molecule is CCOc1cc(C=Nn2c(-c3cc(C(C)C)c(OC)cc3C)nc3ccccc3c2=O)cc([N+](=O)[O-])c1OCC(C)(C)C. The quantitative estimate of drug-likeness (QED) is 0.110. The number of methoxy groups -OCH3 is 1. The first-order chi connectivity index (χ1) is 20.3. The van der Waals surface area contributed by atoms with Gasteiger partial charge in [0.05, 0.1) is 42.4 Å². The summed E-state index contributed by atoms with van der Waals surface area (Å²) >= 11 is 0. The lowest BCUT2D eigenvalue weighted by Gasteiger charge is -2.20. The summed E-state index contributed by atoms with van der Waals surface area (Å²) in [5.74, 6) is 1.51. The normalized spacial score (nSPS) is 11.8. The maximum atomic E-state index is 13.8. The van der Waals surface area contributed by atoms with E-state index in [1.54, 1.807) is 38.3 Å². The largest absolute Gasteiger partial charge is 0.496 e. The number of aryl methyl sites for hydroxylation is 1. The van der Waals surface area contributed by atoms with Crippen LogP contribution in [0.15, 0.2) is 58.4 Å². The number of rotatable bonds is 10. The molecule has 0 aliphatic carbocycles. The van der Waals surface area contributed by atoms with Crippen LogP contribution in [0, 0.1) is 22.5 Å². The zero-order valence-corrected chi connectivity index (χ0v) is 25.9. The lowest BCUT2D eigenvalue weighted by Crippen LogP contribution is -2.21. The van der Waals surface area contributed by atoms with Crippen LogP contribution in [-0.2, 0) is 0 Å². The summed E-state index contributed by atoms with van der Waals surface area (Å²) in [6.07, 6.45) is 1.40. The topological polar surface area (TPSA) is 118 Å². The third kappa shape index (κ3) is 6.85. The fraction of sp³-hybridized carbons (Fsp3) is 0.364. The van der Waals surface area contributed by atoms with Crippen LogP contribution >= 0.6 is 0 Å². The fourth-order valence-corrected chi connectivity index (χ4v) is 4.61. The number of fused-ring (bicyclic) bond motifs is 1. The summed E-state index contributed by atoms with van der Waals surface area (Å²) in [5, 5.41) is 17.0. The highest BCUT2D eigenvalue weighted by Crippen LogP contribution is 2.39. The van der Waals surface area contributed by atoms with Crippen molar-refractivity contribution in [2.75, 3.05) is 20.3 Å². The molecule has 0 aliphatic rings. The molecule has 0 radical (unpaired) electrons. The average Bonchev–Trinajstić information content (AvgIpc) is 2.95. The summed E-state index contributed by atoms with van der Waals surface area (Å²) in [4.78, 5) is 30.2. The number of nitro groups is 1. The standard InChI is InChI=1S/C33H38N4O6/c1-9-42-29-16-22(15-27(37(39)40)30(29)43-19-33(5,6)7)18-34-36-31(35-26-13-11-10-12-23(26)32(36)38)25-17-24(20(2)3)28(41-8)14-21(25)4/h10-18,20H,9,19H2,1-8H3. The maximum Gasteiger partial charge on any atom is 0.315 e. The Morgan fingerprint density at radius 1 is 1.09 bits per heavy atom. The summed E-state index contributed by atoms with van der Waals surface area (Å²) in [6, 6.07) is 13.9. The monoisotopic (exact) mass is 586 g/mol. The van der Waals surface area contributed by atoms with Crippen LogP contribution in [0.1, 0.15) is 64.2 Å². The van der Waals surface area contributed by atoms with Crippen molar-refractivity contribution in [1.82, 2.24) is 9.66 Å². The third-order valence-corrected chi connectivity index (χ3v) is 6.72. The molecule has 0 unspecified atom stereocenters. The molecule has 1 aromatic heterocycles. The number of hydrogen-bond donors (Lipinski definition) is 0. The number of ether oxygens (including phenoxy) is 3. The number of nitrogens with zero attached hydrogens (tertiary/aromatic N) is 4. The predicted molar refractivity (Wildman–Crippen MR) is 169 cm³/mol. The van der Waals surface area contributed by atoms with E-state index in [1.807, 2.05) is 45.9 Å². The summed E-state index contributed by atoms with van der Waals surface area (Å²) in [5.41, 5.74) is 2.56. The number of hydrogen-bond acceptors (Lipinski definition) is 8. The molecule has 43 heavy (non-hydrogen) atoms. The van der Waals surface area contributed by atoms with E-state index < -0.39 is 4.92 Å². The predicted octanol–water partition coefficient (Wildman–Crippen LogP) is 7.12. The molecule has 10 heteroatoms. The molecule has 0 amide bonds. The summed E-state index contributed by atoms with van der Waals surface area (Å²) in [6.45, 7) is 14.3. The minimum Gasteiger partial charge on any atom is -0.496 e. The molecule has 0 fully saturated rings. The molecule has 4 rings (SSSR count). The van der Waals surface area contributed by atoms with E-state index in [0.29, 0.717) is 22.3 Å². The molecule has 0 atom stereocenters. The van der Waals surface area contributed by atoms with Gasteiger partial charge in [-0.25, -0.2) is 4.98 Å². The van der Waals surface area contributed by atoms with E-state index in [-0.39, 0.29) is 47.3 Å². The average molecular weight is 587 g/mol. The highest BCUT2D eigenvalue weighted by Gasteiger charge is 2.25. The minimum atomic E-state index is -0.513. The van der Waals surface area contributed by atoms with Gasteiger partial charge in [0.15, 0.2) is 11.6 Å². The van der Waals surface area contributed by atoms with Crippen molar-refractivity contribution in [3.05, 3.63) is 85.7 Å². The fourth-order valence-electron chi connectivity index (χ4n) is 4.61. The second-order valence-corrected chi connectivity index (χ2v) is 11.8. The van der Waals surface area contributed by atoms with Gasteiger partial charge in [0, 0.05) is 17.2 Å². The molecule has 226 valence electrons. The Labute approximate surface area is 251 Å². The van der Waals surface area contributed by atoms with E-state index in [2.05, 4.69) is 18.9 Å². The van der Waals surface area contributed by atoms with Gasteiger partial charge in [-0.2, -0.15) is 9.78 Å². The molecule has 0 N–H and O–H groups in total. The molecule has 10 nitrogen and oxygen atoms in total. The van der Waals surface area contributed by atoms with E-state index in [9.17, 15) is 14.9 Å². The number of nitro benzene ring substituents is 1. The Bertz CT molecular complexity index is 1750. The second-order valence-electron chi connectivity index (χ2n) is 11.8. The van der Waals surface area contributed by atoms with Crippen molar-refractivity contribution in [3.8, 4) is 28.6 Å². The number of benzene rings is 3. The zero-order chi connectivity index (χ0) is 31.5. The summed E-state index contributed by atoms with van der Waals surface area (Å²) in [7, 11) is 1.63. The number of para-hydroxylation sites is 1. The second kappa shape index (κ2) is 12.6. The smallest absolute Gasteiger partial charge is 0.315 e. The Morgan fingerprint density at radius 2 is 1.81 bits per heavy atom. The lowest BCUT2D eigenvalue weighted by atomic mass is 9.96. The molecular weight excluding hydrogens is 548 g/mol. The van der Waals surface area contributed by atoms with Crippen LogP contribution in [0.3, 0.4) is 0 Å². The molecule has 0 saturated carbocycles. The van der Waals surface area contributed by atoms with Gasteiger partial charge >= 0.3 is 5.69 Å². The van der Waals surface area contributed by atoms with Gasteiger partial charge in [-0.05, 0) is 66.6 Å². The maximum absolute atomic E-state index is 13.8. The van der Waals surface area contributed by atoms with Crippen molar-refractivity contribution in [2.45, 2.75) is 54.4 Å². The van der Waals surface area contributed by atoms with Crippen LogP contribution < -0.4 is 19.8 Å². The van der Waals surface area contributed by atoms with Gasteiger partial charge < -0.3 is 14.2 Å². The van der Waals surface area contributed by atoms with E-state index in [4.69, 9.17) is 19.2 Å². The first-order valence-electron chi connectivity index (χ1n) is 14.2. The number of aromatic nitrogens is 2. The highest BCUT2D eigenvalue weighted by molar-refractivity contribution is 5.84. The van der Waals surface area contributed by atoms with Gasteiger partial charge in [0.1, 0.15) is 5.75 Å². The molecule has 1 heterocycles. The molecular formula is C33H38N4O6. The molecule has 4 aromatic rings. The van der Waals surface area contributed by atoms with Gasteiger partial charge in [0.25, 0.3) is 5.56 Å². The van der Waals surface area contributed by atoms with Gasteiger partial charge in [0.2, 0.25) is 5.75 Å². The van der Waals surface area contributed by atoms with Crippen molar-refractivity contribution in [1.29, 1.82) is 0 Å².